The largest absolute Gasteiger partial charge is 0.484 e. The van der Waals surface area contributed by atoms with Crippen LogP contribution < -0.4 is 15.8 Å². The van der Waals surface area contributed by atoms with E-state index in [1.165, 1.54) is 0 Å². The zero-order valence-electron chi connectivity index (χ0n) is 14.1. The van der Waals surface area contributed by atoms with Crippen LogP contribution in [0, 0.1) is 6.92 Å². The van der Waals surface area contributed by atoms with Crippen LogP contribution in [0.4, 0.5) is 5.69 Å². The number of carbonyl (C=O) groups excluding carboxylic acids is 2. The highest BCUT2D eigenvalue weighted by Crippen LogP contribution is 2.26. The summed E-state index contributed by atoms with van der Waals surface area (Å²) in [5, 5.41) is 6.81. The fraction of sp³-hybridized carbons (Fsp3) is 0.105. The molecule has 2 aromatic carbocycles. The Balaban J connectivity index is 1.77. The van der Waals surface area contributed by atoms with E-state index >= 15 is 0 Å². The SMILES string of the molecule is Cc1onc(-c2ccccc2)c1C(=O)Nc1ccc(OCC(N)=O)cc1. The van der Waals surface area contributed by atoms with Gasteiger partial charge >= 0.3 is 0 Å². The summed E-state index contributed by atoms with van der Waals surface area (Å²) in [6.07, 6.45) is 0. The van der Waals surface area contributed by atoms with Crippen LogP contribution in [0.2, 0.25) is 0 Å². The number of ether oxygens (including phenoxy) is 1. The predicted molar refractivity (Wildman–Crippen MR) is 95.8 cm³/mol. The molecule has 0 atom stereocenters. The minimum Gasteiger partial charge on any atom is -0.484 e. The minimum atomic E-state index is -0.557. The molecule has 1 heterocycles. The topological polar surface area (TPSA) is 107 Å². The molecule has 7 nitrogen and oxygen atoms in total. The van der Waals surface area contributed by atoms with Crippen LogP contribution in [0.3, 0.4) is 0 Å². The van der Waals surface area contributed by atoms with E-state index in [1.807, 2.05) is 30.3 Å². The third kappa shape index (κ3) is 3.89. The van der Waals surface area contributed by atoms with Crippen molar-refractivity contribution >= 4 is 17.5 Å². The molecule has 2 amide bonds. The van der Waals surface area contributed by atoms with E-state index in [4.69, 9.17) is 15.0 Å². The van der Waals surface area contributed by atoms with Crippen molar-refractivity contribution in [2.24, 2.45) is 5.73 Å². The number of amides is 2. The summed E-state index contributed by atoms with van der Waals surface area (Å²) in [4.78, 5) is 23.4. The van der Waals surface area contributed by atoms with E-state index in [0.717, 1.165) is 5.56 Å². The van der Waals surface area contributed by atoms with Gasteiger partial charge in [0.25, 0.3) is 11.8 Å². The summed E-state index contributed by atoms with van der Waals surface area (Å²) in [6.45, 7) is 1.49. The van der Waals surface area contributed by atoms with Crippen LogP contribution in [0.15, 0.2) is 59.1 Å². The van der Waals surface area contributed by atoms with Crippen LogP contribution in [0.1, 0.15) is 16.1 Å². The molecule has 0 spiro atoms. The number of hydrogen-bond acceptors (Lipinski definition) is 5. The maximum atomic E-state index is 12.7. The summed E-state index contributed by atoms with van der Waals surface area (Å²) in [6, 6.07) is 15.9. The number of carbonyl (C=O) groups is 2. The highest BCUT2D eigenvalue weighted by Gasteiger charge is 2.21. The highest BCUT2D eigenvalue weighted by molar-refractivity contribution is 6.08. The molecule has 132 valence electrons. The Kier molecular flexibility index (Phi) is 4.98. The molecule has 26 heavy (non-hydrogen) atoms. The predicted octanol–water partition coefficient (Wildman–Crippen LogP) is 2.77. The first-order chi connectivity index (χ1) is 12.5. The number of aryl methyl sites for hydroxylation is 1. The zero-order valence-corrected chi connectivity index (χ0v) is 14.1. The summed E-state index contributed by atoms with van der Waals surface area (Å²) < 4.78 is 10.4. The van der Waals surface area contributed by atoms with Gasteiger partial charge in [0.1, 0.15) is 22.8 Å². The Hall–Kier alpha value is -3.61. The maximum absolute atomic E-state index is 12.7. The Morgan fingerprint density at radius 1 is 1.12 bits per heavy atom. The van der Waals surface area contributed by atoms with Gasteiger partial charge in [-0.15, -0.1) is 0 Å². The van der Waals surface area contributed by atoms with Gasteiger partial charge < -0.3 is 20.3 Å². The third-order valence-corrected chi connectivity index (χ3v) is 3.63. The lowest BCUT2D eigenvalue weighted by atomic mass is 10.1. The molecule has 0 saturated carbocycles. The molecule has 0 aliphatic carbocycles. The van der Waals surface area contributed by atoms with Crippen molar-refractivity contribution < 1.29 is 18.8 Å². The third-order valence-electron chi connectivity index (χ3n) is 3.63. The Labute approximate surface area is 149 Å². The van der Waals surface area contributed by atoms with Crippen LogP contribution in [-0.4, -0.2) is 23.6 Å². The first-order valence-corrected chi connectivity index (χ1v) is 7.89. The average Bonchev–Trinajstić information content (AvgIpc) is 3.03. The maximum Gasteiger partial charge on any atom is 0.261 e. The number of hydrogen-bond donors (Lipinski definition) is 2. The van der Waals surface area contributed by atoms with Crippen molar-refractivity contribution in [3.8, 4) is 17.0 Å². The van der Waals surface area contributed by atoms with Gasteiger partial charge in [-0.2, -0.15) is 0 Å². The van der Waals surface area contributed by atoms with Gasteiger partial charge in [-0.3, -0.25) is 9.59 Å². The van der Waals surface area contributed by atoms with Crippen molar-refractivity contribution in [1.29, 1.82) is 0 Å². The van der Waals surface area contributed by atoms with E-state index in [0.29, 0.717) is 28.5 Å². The van der Waals surface area contributed by atoms with E-state index < -0.39 is 5.91 Å². The zero-order chi connectivity index (χ0) is 18.5. The summed E-state index contributed by atoms with van der Waals surface area (Å²) >= 11 is 0. The first-order valence-electron chi connectivity index (χ1n) is 7.89. The summed E-state index contributed by atoms with van der Waals surface area (Å²) in [5.41, 5.74) is 7.27. The number of aromatic nitrogens is 1. The first kappa shape index (κ1) is 17.2. The fourth-order valence-electron chi connectivity index (χ4n) is 2.42. The van der Waals surface area contributed by atoms with E-state index in [9.17, 15) is 9.59 Å². The van der Waals surface area contributed by atoms with Crippen molar-refractivity contribution in [1.82, 2.24) is 5.16 Å². The number of nitrogens with two attached hydrogens (primary N) is 1. The molecule has 3 aromatic rings. The lowest BCUT2D eigenvalue weighted by Crippen LogP contribution is -2.20. The van der Waals surface area contributed by atoms with Crippen molar-refractivity contribution in [3.05, 3.63) is 65.9 Å². The van der Waals surface area contributed by atoms with Crippen LogP contribution in [0.5, 0.6) is 5.75 Å². The number of nitrogens with one attached hydrogen (secondary N) is 1. The molecular weight excluding hydrogens is 334 g/mol. The summed E-state index contributed by atoms with van der Waals surface area (Å²) in [7, 11) is 0. The van der Waals surface area contributed by atoms with Crippen LogP contribution >= 0.6 is 0 Å². The Morgan fingerprint density at radius 3 is 2.46 bits per heavy atom. The van der Waals surface area contributed by atoms with E-state index in [2.05, 4.69) is 10.5 Å². The van der Waals surface area contributed by atoms with E-state index in [-0.39, 0.29) is 12.5 Å². The molecule has 0 fully saturated rings. The van der Waals surface area contributed by atoms with Crippen molar-refractivity contribution in [2.75, 3.05) is 11.9 Å². The average molecular weight is 351 g/mol. The molecule has 1 aromatic heterocycles. The van der Waals surface area contributed by atoms with Gasteiger partial charge in [-0.05, 0) is 31.2 Å². The smallest absolute Gasteiger partial charge is 0.261 e. The number of rotatable bonds is 6. The number of primary amides is 1. The van der Waals surface area contributed by atoms with Gasteiger partial charge in [0.05, 0.1) is 0 Å². The summed E-state index contributed by atoms with van der Waals surface area (Å²) in [5.74, 6) is 0.0304. The lowest BCUT2D eigenvalue weighted by Gasteiger charge is -2.08. The number of nitrogens with zero attached hydrogens (tertiary/aromatic N) is 1. The number of anilines is 1. The van der Waals surface area contributed by atoms with Gasteiger partial charge in [-0.25, -0.2) is 0 Å². The molecule has 0 unspecified atom stereocenters. The molecule has 7 heteroatoms. The molecule has 0 radical (unpaired) electrons. The van der Waals surface area contributed by atoms with Crippen molar-refractivity contribution in [3.63, 3.8) is 0 Å². The van der Waals surface area contributed by atoms with Crippen molar-refractivity contribution in [2.45, 2.75) is 6.92 Å². The van der Waals surface area contributed by atoms with Gasteiger partial charge in [-0.1, -0.05) is 35.5 Å². The highest BCUT2D eigenvalue weighted by atomic mass is 16.5. The van der Waals surface area contributed by atoms with E-state index in [1.54, 1.807) is 31.2 Å². The minimum absolute atomic E-state index is 0.202. The molecule has 0 aliphatic rings. The molecule has 3 N–H and O–H groups in total. The standard InChI is InChI=1S/C19H17N3O4/c1-12-17(18(22-26-12)13-5-3-2-4-6-13)19(24)21-14-7-9-15(10-8-14)25-11-16(20)23/h2-10H,11H2,1H3,(H2,20,23)(H,21,24). The van der Waals surface area contributed by atoms with Crippen LogP contribution in [0.25, 0.3) is 11.3 Å². The Morgan fingerprint density at radius 2 is 1.81 bits per heavy atom. The molecular formula is C19H17N3O4. The normalized spacial score (nSPS) is 10.3. The second-order valence-corrected chi connectivity index (χ2v) is 5.56. The fourth-order valence-corrected chi connectivity index (χ4v) is 2.42. The molecule has 0 aliphatic heterocycles. The van der Waals surface area contributed by atoms with Gasteiger partial charge in [0, 0.05) is 11.3 Å². The second-order valence-electron chi connectivity index (χ2n) is 5.56. The molecule has 3 rings (SSSR count). The molecule has 0 bridgehead atoms. The molecule has 0 saturated heterocycles. The number of benzene rings is 2. The van der Waals surface area contributed by atoms with Crippen LogP contribution in [-0.2, 0) is 4.79 Å². The second kappa shape index (κ2) is 7.52. The monoisotopic (exact) mass is 351 g/mol. The van der Waals surface area contributed by atoms with Gasteiger partial charge in [0.2, 0.25) is 0 Å². The quantitative estimate of drug-likeness (QED) is 0.710. The Bertz CT molecular complexity index is 918. The van der Waals surface area contributed by atoms with Gasteiger partial charge in [0.15, 0.2) is 6.61 Å². The lowest BCUT2D eigenvalue weighted by molar-refractivity contribution is -0.119.